The van der Waals surface area contributed by atoms with E-state index in [0.29, 0.717) is 0 Å². The summed E-state index contributed by atoms with van der Waals surface area (Å²) in [5.74, 6) is 0. The van der Waals surface area contributed by atoms with Crippen molar-refractivity contribution < 1.29 is 0 Å². The van der Waals surface area contributed by atoms with E-state index in [9.17, 15) is 0 Å². The van der Waals surface area contributed by atoms with Crippen molar-refractivity contribution in [2.24, 2.45) is 0 Å². The van der Waals surface area contributed by atoms with Crippen molar-refractivity contribution in [3.63, 3.8) is 0 Å². The fourth-order valence-corrected chi connectivity index (χ4v) is 5.45. The second-order valence-corrected chi connectivity index (χ2v) is 12.0. The van der Waals surface area contributed by atoms with Gasteiger partial charge in [-0.2, -0.15) is 0 Å². The van der Waals surface area contributed by atoms with E-state index in [1.807, 2.05) is 0 Å². The molecule has 0 aliphatic rings. The zero-order valence-electron chi connectivity index (χ0n) is 27.5. The molecule has 0 aromatic heterocycles. The van der Waals surface area contributed by atoms with E-state index >= 15 is 0 Å². The van der Waals surface area contributed by atoms with E-state index in [2.05, 4.69) is 208 Å². The molecule has 0 fully saturated rings. The SMILES string of the molecule is CCc1ccc(/C=C/c2ccc(N(c3ccc(/C=C/c4ccc(C)cc4)cc3)c3ccc(/C=C/c4ccc(C)cc4)cc3)cc2)cc1. The summed E-state index contributed by atoms with van der Waals surface area (Å²) in [7, 11) is 0. The first-order valence-corrected chi connectivity index (χ1v) is 16.4. The lowest BCUT2D eigenvalue weighted by atomic mass is 10.1. The van der Waals surface area contributed by atoms with E-state index in [1.165, 1.54) is 50.1 Å². The van der Waals surface area contributed by atoms with Gasteiger partial charge in [-0.15, -0.1) is 0 Å². The summed E-state index contributed by atoms with van der Waals surface area (Å²) in [6, 6.07) is 52.3. The highest BCUT2D eigenvalue weighted by molar-refractivity contribution is 5.80. The van der Waals surface area contributed by atoms with E-state index < -0.39 is 0 Å². The molecule has 0 amide bonds. The molecule has 0 bridgehead atoms. The van der Waals surface area contributed by atoms with Crippen LogP contribution in [0.1, 0.15) is 57.0 Å². The Morgan fingerprint density at radius 2 is 0.574 bits per heavy atom. The van der Waals surface area contributed by atoms with Crippen LogP contribution in [0.2, 0.25) is 0 Å². The Bertz CT molecular complexity index is 1860. The summed E-state index contributed by atoms with van der Waals surface area (Å²) in [5.41, 5.74) is 14.3. The van der Waals surface area contributed by atoms with Crippen LogP contribution in [0.15, 0.2) is 146 Å². The molecule has 1 nitrogen and oxygen atoms in total. The maximum Gasteiger partial charge on any atom is 0.0462 e. The molecule has 1 heteroatoms. The van der Waals surface area contributed by atoms with Crippen LogP contribution in [-0.4, -0.2) is 0 Å². The molecule has 230 valence electrons. The molecule has 0 saturated carbocycles. The molecule has 0 radical (unpaired) electrons. The Morgan fingerprint density at radius 1 is 0.340 bits per heavy atom. The van der Waals surface area contributed by atoms with Gasteiger partial charge in [-0.25, -0.2) is 0 Å². The zero-order valence-corrected chi connectivity index (χ0v) is 27.5. The van der Waals surface area contributed by atoms with Crippen molar-refractivity contribution in [3.8, 4) is 0 Å². The number of hydrogen-bond donors (Lipinski definition) is 0. The maximum absolute atomic E-state index is 2.32. The molecule has 0 spiro atoms. The average molecular weight is 608 g/mol. The van der Waals surface area contributed by atoms with Gasteiger partial charge in [0.2, 0.25) is 0 Å². The van der Waals surface area contributed by atoms with Crippen molar-refractivity contribution in [2.75, 3.05) is 4.90 Å². The number of rotatable bonds is 10. The summed E-state index contributed by atoms with van der Waals surface area (Å²) in [4.78, 5) is 2.32. The van der Waals surface area contributed by atoms with Crippen LogP contribution < -0.4 is 4.90 Å². The molecular formula is C46H41N. The molecular weight excluding hydrogens is 567 g/mol. The topological polar surface area (TPSA) is 3.24 Å². The average Bonchev–Trinajstić information content (AvgIpc) is 3.12. The molecule has 6 aromatic carbocycles. The molecule has 0 aliphatic heterocycles. The minimum Gasteiger partial charge on any atom is -0.311 e. The number of anilines is 3. The Labute approximate surface area is 280 Å². The summed E-state index contributed by atoms with van der Waals surface area (Å²) < 4.78 is 0. The summed E-state index contributed by atoms with van der Waals surface area (Å²) >= 11 is 0. The fourth-order valence-electron chi connectivity index (χ4n) is 5.45. The van der Waals surface area contributed by atoms with Crippen molar-refractivity contribution in [2.45, 2.75) is 27.2 Å². The van der Waals surface area contributed by atoms with Gasteiger partial charge in [0.1, 0.15) is 0 Å². The van der Waals surface area contributed by atoms with Gasteiger partial charge in [0.15, 0.2) is 0 Å². The molecule has 6 aromatic rings. The smallest absolute Gasteiger partial charge is 0.0462 e. The first-order valence-electron chi connectivity index (χ1n) is 16.4. The Kier molecular flexibility index (Phi) is 10.1. The van der Waals surface area contributed by atoms with E-state index in [0.717, 1.165) is 23.5 Å². The van der Waals surface area contributed by atoms with Crippen molar-refractivity contribution in [1.82, 2.24) is 0 Å². The van der Waals surface area contributed by atoms with Gasteiger partial charge >= 0.3 is 0 Å². The third kappa shape index (κ3) is 8.54. The van der Waals surface area contributed by atoms with Gasteiger partial charge in [0.05, 0.1) is 0 Å². The monoisotopic (exact) mass is 607 g/mol. The molecule has 0 N–H and O–H groups in total. The molecule has 0 aliphatic carbocycles. The predicted molar refractivity (Wildman–Crippen MR) is 206 cm³/mol. The number of benzene rings is 6. The second kappa shape index (κ2) is 15.1. The first kappa shape index (κ1) is 31.3. The van der Waals surface area contributed by atoms with Gasteiger partial charge in [0, 0.05) is 17.1 Å². The van der Waals surface area contributed by atoms with E-state index in [4.69, 9.17) is 0 Å². The highest BCUT2D eigenvalue weighted by Gasteiger charge is 2.12. The molecule has 47 heavy (non-hydrogen) atoms. The largest absolute Gasteiger partial charge is 0.311 e. The van der Waals surface area contributed by atoms with Gasteiger partial charge < -0.3 is 4.90 Å². The maximum atomic E-state index is 2.32. The molecule has 0 unspecified atom stereocenters. The summed E-state index contributed by atoms with van der Waals surface area (Å²) in [5, 5.41) is 0. The number of nitrogens with zero attached hydrogens (tertiary/aromatic N) is 1. The van der Waals surface area contributed by atoms with Gasteiger partial charge in [-0.05, 0) is 95.6 Å². The fraction of sp³-hybridized carbons (Fsp3) is 0.0870. The van der Waals surface area contributed by atoms with Crippen LogP contribution in [0.5, 0.6) is 0 Å². The van der Waals surface area contributed by atoms with Gasteiger partial charge in [-0.1, -0.05) is 164 Å². The van der Waals surface area contributed by atoms with Crippen LogP contribution in [0, 0.1) is 13.8 Å². The zero-order chi connectivity index (χ0) is 32.4. The van der Waals surface area contributed by atoms with E-state index in [1.54, 1.807) is 0 Å². The minimum absolute atomic E-state index is 1.06. The highest BCUT2D eigenvalue weighted by Crippen LogP contribution is 2.35. The lowest BCUT2D eigenvalue weighted by molar-refractivity contribution is 1.14. The third-order valence-electron chi connectivity index (χ3n) is 8.40. The van der Waals surface area contributed by atoms with E-state index in [-0.39, 0.29) is 0 Å². The Balaban J connectivity index is 1.26. The van der Waals surface area contributed by atoms with Crippen molar-refractivity contribution in [1.29, 1.82) is 0 Å². The summed E-state index contributed by atoms with van der Waals surface area (Å²) in [6.07, 6.45) is 14.1. The van der Waals surface area contributed by atoms with Crippen molar-refractivity contribution in [3.05, 3.63) is 196 Å². The molecule has 0 atom stereocenters. The minimum atomic E-state index is 1.06. The Hall–Kier alpha value is -5.66. The summed E-state index contributed by atoms with van der Waals surface area (Å²) in [6.45, 7) is 6.42. The van der Waals surface area contributed by atoms with Crippen molar-refractivity contribution >= 4 is 53.5 Å². The second-order valence-electron chi connectivity index (χ2n) is 12.0. The number of aryl methyl sites for hydroxylation is 3. The molecule has 0 saturated heterocycles. The molecule has 0 heterocycles. The van der Waals surface area contributed by atoms with Crippen LogP contribution in [0.25, 0.3) is 36.5 Å². The number of hydrogen-bond acceptors (Lipinski definition) is 1. The van der Waals surface area contributed by atoms with Crippen LogP contribution >= 0.6 is 0 Å². The standard InChI is InChI=1S/C46H41N/c1-4-37-13-15-40(16-14-37)19-22-43-27-33-46(34-28-43)47(44-29-23-41(24-30-44)20-17-38-9-5-35(2)6-10-38)45-31-25-42(26-32-45)21-18-39-11-7-36(3)8-12-39/h5-34H,4H2,1-3H3/b20-17+,21-18+,22-19+. The molecule has 6 rings (SSSR count). The van der Waals surface area contributed by atoms with Crippen LogP contribution in [0.4, 0.5) is 17.1 Å². The first-order chi connectivity index (χ1) is 23.0. The quantitative estimate of drug-likeness (QED) is 0.140. The van der Waals surface area contributed by atoms with Gasteiger partial charge in [-0.3, -0.25) is 0 Å². The lowest BCUT2D eigenvalue weighted by Crippen LogP contribution is -2.09. The predicted octanol–water partition coefficient (Wildman–Crippen LogP) is 12.8. The third-order valence-corrected chi connectivity index (χ3v) is 8.40. The van der Waals surface area contributed by atoms with Crippen LogP contribution in [-0.2, 0) is 6.42 Å². The normalized spacial score (nSPS) is 11.6. The van der Waals surface area contributed by atoms with Gasteiger partial charge in [0.25, 0.3) is 0 Å². The van der Waals surface area contributed by atoms with Crippen LogP contribution in [0.3, 0.4) is 0 Å². The lowest BCUT2D eigenvalue weighted by Gasteiger charge is -2.26. The Morgan fingerprint density at radius 3 is 0.830 bits per heavy atom. The highest BCUT2D eigenvalue weighted by atomic mass is 15.1.